The maximum Gasteiger partial charge on any atom is 0.421 e. The van der Waals surface area contributed by atoms with Crippen molar-refractivity contribution in [2.24, 2.45) is 5.73 Å². The Morgan fingerprint density at radius 2 is 2.29 bits per heavy atom. The Hall–Kier alpha value is -1.60. The smallest absolute Gasteiger partial charge is 0.421 e. The average molecular weight is 331 g/mol. The number of amides is 1. The lowest BCUT2D eigenvalue weighted by Crippen LogP contribution is -2.41. The summed E-state index contributed by atoms with van der Waals surface area (Å²) in [5.41, 5.74) is 6.06. The third kappa shape index (κ3) is 5.73. The van der Waals surface area contributed by atoms with Gasteiger partial charge < -0.3 is 10.5 Å². The first kappa shape index (κ1) is 17.5. The predicted molar refractivity (Wildman–Crippen MR) is 80.8 cm³/mol. The lowest BCUT2D eigenvalue weighted by Gasteiger charge is -2.16. The predicted octanol–water partition coefficient (Wildman–Crippen LogP) is 0.481. The average Bonchev–Trinajstić information content (AvgIpc) is 2.83. The molecule has 0 aliphatic heterocycles. The van der Waals surface area contributed by atoms with Gasteiger partial charge >= 0.3 is 16.3 Å². The van der Waals surface area contributed by atoms with E-state index in [9.17, 15) is 13.2 Å². The molecule has 9 heteroatoms. The second-order valence-electron chi connectivity index (χ2n) is 3.89. The largest absolute Gasteiger partial charge is 0.449 e. The minimum atomic E-state index is -3.93. The standard InChI is InChI=1S/C12H17N3O4S2/c1-3-19-12(16)14-21(17,18)15(2)8-11-7-10(9-20-11)5-4-6-13/h7,9H,3,6,8,13H2,1-2H3,(H,14,16). The van der Waals surface area contributed by atoms with Gasteiger partial charge in [0.15, 0.2) is 0 Å². The lowest BCUT2D eigenvalue weighted by atomic mass is 10.3. The number of nitrogens with one attached hydrogen (secondary N) is 1. The molecule has 3 N–H and O–H groups in total. The molecular weight excluding hydrogens is 314 g/mol. The summed E-state index contributed by atoms with van der Waals surface area (Å²) in [5.74, 6) is 5.58. The highest BCUT2D eigenvalue weighted by atomic mass is 32.2. The van der Waals surface area contributed by atoms with Crippen LogP contribution >= 0.6 is 11.3 Å². The highest BCUT2D eigenvalue weighted by Gasteiger charge is 2.21. The first-order valence-corrected chi connectivity index (χ1v) is 8.38. The summed E-state index contributed by atoms with van der Waals surface area (Å²) < 4.78 is 31.1. The quantitative estimate of drug-likeness (QED) is 0.764. The monoisotopic (exact) mass is 331 g/mol. The van der Waals surface area contributed by atoms with Crippen molar-refractivity contribution >= 4 is 27.6 Å². The Bertz CT molecular complexity index is 643. The number of nitrogens with zero attached hydrogens (tertiary/aromatic N) is 1. The molecule has 0 fully saturated rings. The van der Waals surface area contributed by atoms with Crippen molar-refractivity contribution in [2.45, 2.75) is 13.5 Å². The molecule has 0 aliphatic rings. The number of carbonyl (C=O) groups is 1. The van der Waals surface area contributed by atoms with Crippen LogP contribution in [0.2, 0.25) is 0 Å². The van der Waals surface area contributed by atoms with Crippen molar-refractivity contribution in [3.63, 3.8) is 0 Å². The molecule has 0 aliphatic carbocycles. The number of nitrogens with two attached hydrogens (primary N) is 1. The molecule has 0 bridgehead atoms. The number of carbonyl (C=O) groups excluding carboxylic acids is 1. The third-order valence-electron chi connectivity index (χ3n) is 2.27. The van der Waals surface area contributed by atoms with Crippen molar-refractivity contribution in [1.82, 2.24) is 9.03 Å². The Balaban J connectivity index is 2.69. The van der Waals surface area contributed by atoms with Crippen molar-refractivity contribution in [3.05, 3.63) is 21.9 Å². The maximum atomic E-state index is 11.9. The second kappa shape index (κ2) is 7.99. The van der Waals surface area contributed by atoms with E-state index in [2.05, 4.69) is 16.6 Å². The van der Waals surface area contributed by atoms with Gasteiger partial charge in [-0.2, -0.15) is 12.7 Å². The molecule has 0 radical (unpaired) electrons. The van der Waals surface area contributed by atoms with Gasteiger partial charge in [-0.1, -0.05) is 11.8 Å². The molecule has 1 amide bonds. The van der Waals surface area contributed by atoms with Gasteiger partial charge in [0.25, 0.3) is 0 Å². The van der Waals surface area contributed by atoms with Crippen LogP contribution in [0.15, 0.2) is 11.4 Å². The van der Waals surface area contributed by atoms with E-state index in [1.807, 2.05) is 10.1 Å². The highest BCUT2D eigenvalue weighted by Crippen LogP contribution is 2.16. The summed E-state index contributed by atoms with van der Waals surface area (Å²) in [6.07, 6.45) is -0.995. The number of hydrogen-bond acceptors (Lipinski definition) is 6. The number of rotatable bonds is 5. The van der Waals surface area contributed by atoms with Gasteiger partial charge in [0.2, 0.25) is 0 Å². The van der Waals surface area contributed by atoms with Gasteiger partial charge in [-0.3, -0.25) is 0 Å². The molecule has 0 spiro atoms. The molecule has 7 nitrogen and oxygen atoms in total. The summed E-state index contributed by atoms with van der Waals surface area (Å²) in [6, 6.07) is 1.78. The molecule has 0 unspecified atom stereocenters. The SMILES string of the molecule is CCOC(=O)NS(=O)(=O)N(C)Cc1cc(C#CCN)cs1. The summed E-state index contributed by atoms with van der Waals surface area (Å²) >= 11 is 1.38. The first-order chi connectivity index (χ1) is 9.89. The fourth-order valence-electron chi connectivity index (χ4n) is 1.33. The van der Waals surface area contributed by atoms with Crippen molar-refractivity contribution in [1.29, 1.82) is 0 Å². The van der Waals surface area contributed by atoms with Crippen LogP contribution in [0.4, 0.5) is 4.79 Å². The number of hydrogen-bond donors (Lipinski definition) is 2. The molecule has 1 heterocycles. The van der Waals surface area contributed by atoms with Crippen molar-refractivity contribution in [3.8, 4) is 11.8 Å². The zero-order chi connectivity index (χ0) is 15.9. The van der Waals surface area contributed by atoms with Crippen LogP contribution in [0.5, 0.6) is 0 Å². The van der Waals surface area contributed by atoms with E-state index in [-0.39, 0.29) is 19.7 Å². The van der Waals surface area contributed by atoms with E-state index in [1.165, 1.54) is 18.4 Å². The van der Waals surface area contributed by atoms with Gasteiger partial charge in [-0.05, 0) is 13.0 Å². The molecule has 116 valence electrons. The summed E-state index contributed by atoms with van der Waals surface area (Å²) in [4.78, 5) is 12.0. The van der Waals surface area contributed by atoms with E-state index in [1.54, 1.807) is 13.0 Å². The summed E-state index contributed by atoms with van der Waals surface area (Å²) in [5, 5.41) is 1.82. The number of ether oxygens (including phenoxy) is 1. The summed E-state index contributed by atoms with van der Waals surface area (Å²) in [6.45, 7) is 2.08. The van der Waals surface area contributed by atoms with E-state index in [0.717, 1.165) is 14.7 Å². The van der Waals surface area contributed by atoms with Crippen LogP contribution < -0.4 is 10.5 Å². The van der Waals surface area contributed by atoms with Gasteiger partial charge in [0.05, 0.1) is 13.2 Å². The lowest BCUT2D eigenvalue weighted by molar-refractivity contribution is 0.158. The van der Waals surface area contributed by atoms with Crippen molar-refractivity contribution in [2.75, 3.05) is 20.2 Å². The Morgan fingerprint density at radius 1 is 1.57 bits per heavy atom. The molecular formula is C12H17N3O4S2. The number of thiophene rings is 1. The first-order valence-electron chi connectivity index (χ1n) is 6.06. The van der Waals surface area contributed by atoms with Crippen LogP contribution in [0.3, 0.4) is 0 Å². The van der Waals surface area contributed by atoms with E-state index < -0.39 is 16.3 Å². The van der Waals surface area contributed by atoms with Crippen LogP contribution in [0, 0.1) is 11.8 Å². The molecule has 1 rings (SSSR count). The van der Waals surface area contributed by atoms with E-state index in [4.69, 9.17) is 5.73 Å². The van der Waals surface area contributed by atoms with Crippen LogP contribution in [0.25, 0.3) is 0 Å². The zero-order valence-electron chi connectivity index (χ0n) is 11.8. The van der Waals surface area contributed by atoms with Crippen LogP contribution in [-0.2, 0) is 21.5 Å². The Kier molecular flexibility index (Phi) is 6.64. The third-order valence-corrected chi connectivity index (χ3v) is 4.56. The Labute approximate surface area is 128 Å². The maximum absolute atomic E-state index is 11.9. The molecule has 0 aromatic carbocycles. The van der Waals surface area contributed by atoms with Gasteiger partial charge in [0, 0.05) is 29.4 Å². The van der Waals surface area contributed by atoms with E-state index in [0.29, 0.717) is 0 Å². The fraction of sp³-hybridized carbons (Fsp3) is 0.417. The van der Waals surface area contributed by atoms with Gasteiger partial charge in [-0.15, -0.1) is 11.3 Å². The molecule has 0 saturated carbocycles. The minimum Gasteiger partial charge on any atom is -0.449 e. The van der Waals surface area contributed by atoms with Gasteiger partial charge in [0.1, 0.15) is 0 Å². The van der Waals surface area contributed by atoms with Crippen molar-refractivity contribution < 1.29 is 17.9 Å². The normalized spacial score (nSPS) is 10.9. The van der Waals surface area contributed by atoms with Gasteiger partial charge in [-0.25, -0.2) is 9.52 Å². The molecule has 1 aromatic rings. The highest BCUT2D eigenvalue weighted by molar-refractivity contribution is 7.87. The van der Waals surface area contributed by atoms with E-state index >= 15 is 0 Å². The molecule has 0 atom stereocenters. The second-order valence-corrected chi connectivity index (χ2v) is 6.66. The fourth-order valence-corrected chi connectivity index (χ4v) is 3.02. The minimum absolute atomic E-state index is 0.0964. The van der Waals surface area contributed by atoms with Crippen LogP contribution in [-0.4, -0.2) is 39.0 Å². The Morgan fingerprint density at radius 3 is 2.90 bits per heavy atom. The summed E-state index contributed by atoms with van der Waals surface area (Å²) in [7, 11) is -2.56. The molecule has 0 saturated heterocycles. The van der Waals surface area contributed by atoms with Crippen LogP contribution in [0.1, 0.15) is 17.4 Å². The zero-order valence-corrected chi connectivity index (χ0v) is 13.4. The topological polar surface area (TPSA) is 102 Å². The molecule has 1 aromatic heterocycles. The molecule has 21 heavy (non-hydrogen) atoms.